The molecule has 0 aromatic heterocycles. The standard InChI is InChI=1S/C14H21NO2S/c1-14(2,3)12-4-6-13(7-5-12)15-8-10-18(16,17)11-9-15/h4-7H,8-11H2,1-3H3. The molecule has 1 aliphatic rings. The fourth-order valence-electron chi connectivity index (χ4n) is 2.14. The van der Waals surface area contributed by atoms with E-state index in [2.05, 4.69) is 49.9 Å². The Labute approximate surface area is 110 Å². The molecule has 1 heterocycles. The van der Waals surface area contributed by atoms with Crippen LogP contribution >= 0.6 is 0 Å². The Balaban J connectivity index is 2.12. The van der Waals surface area contributed by atoms with Crippen LogP contribution in [-0.2, 0) is 15.3 Å². The summed E-state index contributed by atoms with van der Waals surface area (Å²) >= 11 is 0. The Hall–Kier alpha value is -1.03. The van der Waals surface area contributed by atoms with E-state index in [1.165, 1.54) is 5.56 Å². The average Bonchev–Trinajstić information content (AvgIpc) is 2.28. The SMILES string of the molecule is CC(C)(C)c1ccc(N2CCS(=O)(=O)CC2)cc1. The van der Waals surface area contributed by atoms with Crippen LogP contribution < -0.4 is 4.90 Å². The van der Waals surface area contributed by atoms with Crippen molar-refractivity contribution in [1.29, 1.82) is 0 Å². The van der Waals surface area contributed by atoms with E-state index < -0.39 is 9.84 Å². The summed E-state index contributed by atoms with van der Waals surface area (Å²) in [7, 11) is -2.80. The first kappa shape index (κ1) is 13.4. The van der Waals surface area contributed by atoms with E-state index in [0.717, 1.165) is 5.69 Å². The monoisotopic (exact) mass is 267 g/mol. The summed E-state index contributed by atoms with van der Waals surface area (Å²) in [6, 6.07) is 8.47. The van der Waals surface area contributed by atoms with Gasteiger partial charge in [0.1, 0.15) is 0 Å². The van der Waals surface area contributed by atoms with Crippen molar-refractivity contribution >= 4 is 15.5 Å². The van der Waals surface area contributed by atoms with Crippen LogP contribution in [0.1, 0.15) is 26.3 Å². The van der Waals surface area contributed by atoms with Crippen LogP contribution in [0, 0.1) is 0 Å². The molecule has 0 spiro atoms. The summed E-state index contributed by atoms with van der Waals surface area (Å²) in [6.45, 7) is 7.79. The zero-order valence-corrected chi connectivity index (χ0v) is 12.1. The van der Waals surface area contributed by atoms with Gasteiger partial charge in [0.05, 0.1) is 11.5 Å². The van der Waals surface area contributed by atoms with Gasteiger partial charge in [-0.3, -0.25) is 0 Å². The summed E-state index contributed by atoms with van der Waals surface area (Å²) < 4.78 is 22.8. The molecule has 0 aliphatic carbocycles. The van der Waals surface area contributed by atoms with E-state index in [-0.39, 0.29) is 16.9 Å². The first-order valence-electron chi connectivity index (χ1n) is 6.34. The highest BCUT2D eigenvalue weighted by molar-refractivity contribution is 7.91. The highest BCUT2D eigenvalue weighted by Crippen LogP contribution is 2.25. The largest absolute Gasteiger partial charge is 0.369 e. The molecule has 1 aliphatic heterocycles. The van der Waals surface area contributed by atoms with Crippen LogP contribution in [0.2, 0.25) is 0 Å². The molecule has 0 amide bonds. The molecule has 0 saturated carbocycles. The molecular weight excluding hydrogens is 246 g/mol. The Morgan fingerprint density at radius 1 is 1.00 bits per heavy atom. The van der Waals surface area contributed by atoms with Gasteiger partial charge in [-0.15, -0.1) is 0 Å². The predicted molar refractivity (Wildman–Crippen MR) is 76.0 cm³/mol. The second-order valence-corrected chi connectivity index (χ2v) is 8.24. The second-order valence-electron chi connectivity index (χ2n) is 5.94. The molecule has 0 N–H and O–H groups in total. The van der Waals surface area contributed by atoms with Crippen molar-refractivity contribution in [3.63, 3.8) is 0 Å². The van der Waals surface area contributed by atoms with Crippen LogP contribution in [0.15, 0.2) is 24.3 Å². The van der Waals surface area contributed by atoms with E-state index in [1.54, 1.807) is 0 Å². The van der Waals surface area contributed by atoms with Crippen molar-refractivity contribution < 1.29 is 8.42 Å². The van der Waals surface area contributed by atoms with Gasteiger partial charge in [0.15, 0.2) is 9.84 Å². The van der Waals surface area contributed by atoms with Gasteiger partial charge >= 0.3 is 0 Å². The minimum absolute atomic E-state index is 0.157. The van der Waals surface area contributed by atoms with Crippen molar-refractivity contribution in [2.75, 3.05) is 29.5 Å². The summed E-state index contributed by atoms with van der Waals surface area (Å²) in [5.41, 5.74) is 2.58. The molecule has 0 bridgehead atoms. The molecule has 1 saturated heterocycles. The van der Waals surface area contributed by atoms with Gasteiger partial charge in [-0.05, 0) is 23.1 Å². The van der Waals surface area contributed by atoms with Gasteiger partial charge in [0, 0.05) is 18.8 Å². The fraction of sp³-hybridized carbons (Fsp3) is 0.571. The lowest BCUT2D eigenvalue weighted by molar-refractivity contribution is 0.586. The number of rotatable bonds is 1. The van der Waals surface area contributed by atoms with Crippen LogP contribution in [-0.4, -0.2) is 33.0 Å². The highest BCUT2D eigenvalue weighted by atomic mass is 32.2. The number of benzene rings is 1. The number of anilines is 1. The second kappa shape index (κ2) is 4.57. The fourth-order valence-corrected chi connectivity index (χ4v) is 3.34. The van der Waals surface area contributed by atoms with Gasteiger partial charge < -0.3 is 4.90 Å². The first-order valence-corrected chi connectivity index (χ1v) is 8.16. The number of sulfone groups is 1. The van der Waals surface area contributed by atoms with Gasteiger partial charge in [0.2, 0.25) is 0 Å². The van der Waals surface area contributed by atoms with Crippen molar-refractivity contribution in [2.45, 2.75) is 26.2 Å². The molecule has 1 fully saturated rings. The summed E-state index contributed by atoms with van der Waals surface area (Å²) in [6.07, 6.45) is 0. The van der Waals surface area contributed by atoms with E-state index in [0.29, 0.717) is 13.1 Å². The van der Waals surface area contributed by atoms with Crippen molar-refractivity contribution in [3.8, 4) is 0 Å². The topological polar surface area (TPSA) is 37.4 Å². The van der Waals surface area contributed by atoms with E-state index >= 15 is 0 Å². The third kappa shape index (κ3) is 3.05. The van der Waals surface area contributed by atoms with Crippen LogP contribution in [0.25, 0.3) is 0 Å². The molecule has 1 aromatic rings. The lowest BCUT2D eigenvalue weighted by Gasteiger charge is -2.29. The molecule has 0 radical (unpaired) electrons. The molecule has 1 aromatic carbocycles. The Morgan fingerprint density at radius 3 is 1.94 bits per heavy atom. The Bertz CT molecular complexity index is 498. The van der Waals surface area contributed by atoms with E-state index in [9.17, 15) is 8.42 Å². The minimum atomic E-state index is -2.80. The molecule has 3 nitrogen and oxygen atoms in total. The normalized spacial score (nSPS) is 19.8. The van der Waals surface area contributed by atoms with Crippen LogP contribution in [0.3, 0.4) is 0 Å². The lowest BCUT2D eigenvalue weighted by atomic mass is 9.87. The molecular formula is C14H21NO2S. The van der Waals surface area contributed by atoms with Crippen molar-refractivity contribution in [3.05, 3.63) is 29.8 Å². The van der Waals surface area contributed by atoms with Gasteiger partial charge in [-0.25, -0.2) is 8.42 Å². The van der Waals surface area contributed by atoms with Gasteiger partial charge in [0.25, 0.3) is 0 Å². The molecule has 0 unspecified atom stereocenters. The third-order valence-electron chi connectivity index (χ3n) is 3.44. The Kier molecular flexibility index (Phi) is 3.41. The average molecular weight is 267 g/mol. The van der Waals surface area contributed by atoms with Crippen LogP contribution in [0.4, 0.5) is 5.69 Å². The predicted octanol–water partition coefficient (Wildman–Crippen LogP) is 2.22. The molecule has 18 heavy (non-hydrogen) atoms. The third-order valence-corrected chi connectivity index (χ3v) is 5.05. The van der Waals surface area contributed by atoms with Gasteiger partial charge in [-0.2, -0.15) is 0 Å². The molecule has 0 atom stereocenters. The summed E-state index contributed by atoms with van der Waals surface area (Å²) in [4.78, 5) is 2.15. The number of nitrogens with zero attached hydrogens (tertiary/aromatic N) is 1. The van der Waals surface area contributed by atoms with Gasteiger partial charge in [-0.1, -0.05) is 32.9 Å². The summed E-state index contributed by atoms with van der Waals surface area (Å²) in [5.74, 6) is 0.544. The van der Waals surface area contributed by atoms with Crippen molar-refractivity contribution in [1.82, 2.24) is 0 Å². The maximum atomic E-state index is 11.4. The Morgan fingerprint density at radius 2 is 1.50 bits per heavy atom. The molecule has 4 heteroatoms. The maximum Gasteiger partial charge on any atom is 0.153 e. The quantitative estimate of drug-likeness (QED) is 0.783. The summed E-state index contributed by atoms with van der Waals surface area (Å²) in [5, 5.41) is 0. The maximum absolute atomic E-state index is 11.4. The molecule has 2 rings (SSSR count). The zero-order valence-electron chi connectivity index (χ0n) is 11.3. The highest BCUT2D eigenvalue weighted by Gasteiger charge is 2.22. The van der Waals surface area contributed by atoms with Crippen LogP contribution in [0.5, 0.6) is 0 Å². The minimum Gasteiger partial charge on any atom is -0.369 e. The smallest absolute Gasteiger partial charge is 0.153 e. The number of hydrogen-bond donors (Lipinski definition) is 0. The first-order chi connectivity index (χ1) is 8.28. The van der Waals surface area contributed by atoms with E-state index in [1.807, 2.05) is 0 Å². The van der Waals surface area contributed by atoms with E-state index in [4.69, 9.17) is 0 Å². The lowest BCUT2D eigenvalue weighted by Crippen LogP contribution is -2.40. The molecule has 100 valence electrons. The zero-order chi connectivity index (χ0) is 13.4. The van der Waals surface area contributed by atoms with Crippen molar-refractivity contribution in [2.24, 2.45) is 0 Å². The number of hydrogen-bond acceptors (Lipinski definition) is 3.